The van der Waals surface area contributed by atoms with Crippen LogP contribution in [0.25, 0.3) is 10.8 Å². The Morgan fingerprint density at radius 1 is 1.10 bits per heavy atom. The Morgan fingerprint density at radius 3 is 2.39 bits per heavy atom. The first-order valence-electron chi connectivity index (χ1n) is 10.7. The average molecular weight is 422 g/mol. The standard InChI is InChI=1S/C25H26O6/c1-2-3-6-9-31-14-21(27)25(30)12-19-22(20(26)13-25)24(29)18-11-16-8-5-4-7-15(16)10-17(18)23(19)28/h4-5,7-8,10-11,20,26,30H,2-3,6,9,12-14H2,1H3/t20-,25-/m0/s1. The van der Waals surface area contributed by atoms with Crippen LogP contribution in [0.5, 0.6) is 0 Å². The van der Waals surface area contributed by atoms with Gasteiger partial charge in [0, 0.05) is 41.7 Å². The van der Waals surface area contributed by atoms with Crippen LogP contribution in [-0.2, 0) is 9.53 Å². The van der Waals surface area contributed by atoms with E-state index in [1.165, 1.54) is 0 Å². The van der Waals surface area contributed by atoms with Crippen LogP contribution < -0.4 is 0 Å². The number of hydrogen-bond acceptors (Lipinski definition) is 6. The van der Waals surface area contributed by atoms with Gasteiger partial charge in [-0.1, -0.05) is 44.0 Å². The Bertz CT molecular complexity index is 1100. The van der Waals surface area contributed by atoms with Crippen LogP contribution in [0, 0.1) is 0 Å². The van der Waals surface area contributed by atoms with Gasteiger partial charge in [-0.15, -0.1) is 0 Å². The van der Waals surface area contributed by atoms with Crippen molar-refractivity contribution in [2.24, 2.45) is 0 Å². The number of benzene rings is 2. The molecule has 2 aliphatic carbocycles. The Kier molecular flexibility index (Phi) is 5.88. The average Bonchev–Trinajstić information content (AvgIpc) is 2.75. The molecule has 0 saturated heterocycles. The van der Waals surface area contributed by atoms with Gasteiger partial charge in [0.2, 0.25) is 0 Å². The van der Waals surface area contributed by atoms with Crippen molar-refractivity contribution in [3.05, 3.63) is 58.7 Å². The van der Waals surface area contributed by atoms with Crippen LogP contribution in [-0.4, -0.2) is 52.5 Å². The van der Waals surface area contributed by atoms with E-state index in [0.29, 0.717) is 6.61 Å². The summed E-state index contributed by atoms with van der Waals surface area (Å²) in [4.78, 5) is 39.1. The highest BCUT2D eigenvalue weighted by atomic mass is 16.5. The second kappa shape index (κ2) is 8.46. The van der Waals surface area contributed by atoms with Gasteiger partial charge < -0.3 is 14.9 Å². The van der Waals surface area contributed by atoms with Crippen LogP contribution in [0.15, 0.2) is 47.5 Å². The summed E-state index contributed by atoms with van der Waals surface area (Å²) in [6.07, 6.45) is 0.805. The molecule has 0 aromatic heterocycles. The molecule has 0 amide bonds. The van der Waals surface area contributed by atoms with Crippen LogP contribution >= 0.6 is 0 Å². The van der Waals surface area contributed by atoms with E-state index in [4.69, 9.17) is 4.74 Å². The minimum atomic E-state index is -1.94. The van der Waals surface area contributed by atoms with Gasteiger partial charge in [-0.3, -0.25) is 14.4 Å². The number of Topliss-reactive ketones (excluding diaryl/α,β-unsaturated/α-hetero) is 3. The summed E-state index contributed by atoms with van der Waals surface area (Å²) in [5, 5.41) is 23.3. The van der Waals surface area contributed by atoms with Gasteiger partial charge in [0.15, 0.2) is 17.3 Å². The maximum atomic E-state index is 13.3. The summed E-state index contributed by atoms with van der Waals surface area (Å²) in [7, 11) is 0. The van der Waals surface area contributed by atoms with Crippen molar-refractivity contribution in [3.63, 3.8) is 0 Å². The molecule has 6 nitrogen and oxygen atoms in total. The van der Waals surface area contributed by atoms with Crippen molar-refractivity contribution in [3.8, 4) is 0 Å². The summed E-state index contributed by atoms with van der Waals surface area (Å²) in [6, 6.07) is 10.7. The van der Waals surface area contributed by atoms with Crippen molar-refractivity contribution in [1.29, 1.82) is 0 Å². The molecule has 6 heteroatoms. The Labute approximate surface area is 180 Å². The van der Waals surface area contributed by atoms with Gasteiger partial charge in [-0.2, -0.15) is 0 Å². The zero-order chi connectivity index (χ0) is 22.2. The smallest absolute Gasteiger partial charge is 0.192 e. The number of aliphatic hydroxyl groups is 2. The lowest BCUT2D eigenvalue weighted by atomic mass is 9.69. The minimum absolute atomic E-state index is 0.00544. The van der Waals surface area contributed by atoms with E-state index in [9.17, 15) is 24.6 Å². The lowest BCUT2D eigenvalue weighted by molar-refractivity contribution is -0.145. The van der Waals surface area contributed by atoms with Crippen LogP contribution in [0.3, 0.4) is 0 Å². The SMILES string of the molecule is CCCCCOCC(=O)[C@]1(O)CC2=C(C(=O)c3cc4ccccc4cc3C2=O)[C@@H](O)C1. The topological polar surface area (TPSA) is 101 Å². The number of rotatable bonds is 7. The van der Waals surface area contributed by atoms with Gasteiger partial charge in [0.1, 0.15) is 12.2 Å². The number of carbonyl (C=O) groups is 3. The van der Waals surface area contributed by atoms with Crippen LogP contribution in [0.1, 0.15) is 59.7 Å². The monoisotopic (exact) mass is 422 g/mol. The summed E-state index contributed by atoms with van der Waals surface area (Å²) < 4.78 is 5.38. The lowest BCUT2D eigenvalue weighted by Crippen LogP contribution is -2.50. The first kappa shape index (κ1) is 21.6. The van der Waals surface area contributed by atoms with Crippen molar-refractivity contribution < 1.29 is 29.3 Å². The molecule has 2 aliphatic rings. The van der Waals surface area contributed by atoms with E-state index in [-0.39, 0.29) is 41.7 Å². The molecule has 0 heterocycles. The first-order chi connectivity index (χ1) is 14.9. The Balaban J connectivity index is 1.62. The third kappa shape index (κ3) is 3.87. The highest BCUT2D eigenvalue weighted by Gasteiger charge is 2.49. The fourth-order valence-electron chi connectivity index (χ4n) is 4.46. The molecule has 0 spiro atoms. The summed E-state index contributed by atoms with van der Waals surface area (Å²) in [5.41, 5.74) is -1.44. The van der Waals surface area contributed by atoms with E-state index in [1.54, 1.807) is 12.1 Å². The van der Waals surface area contributed by atoms with E-state index in [0.717, 1.165) is 30.0 Å². The molecule has 2 aromatic carbocycles. The molecular weight excluding hydrogens is 396 g/mol. The molecule has 0 radical (unpaired) electrons. The summed E-state index contributed by atoms with van der Waals surface area (Å²) in [6.45, 7) is 2.18. The molecule has 0 saturated carbocycles. The molecule has 31 heavy (non-hydrogen) atoms. The molecule has 2 aromatic rings. The number of aliphatic hydroxyl groups excluding tert-OH is 1. The zero-order valence-electron chi connectivity index (χ0n) is 17.5. The third-order valence-corrected chi connectivity index (χ3v) is 6.20. The predicted octanol–water partition coefficient (Wildman–Crippen LogP) is 3.18. The Morgan fingerprint density at radius 2 is 1.74 bits per heavy atom. The van der Waals surface area contributed by atoms with Gasteiger partial charge in [-0.25, -0.2) is 0 Å². The molecule has 0 fully saturated rings. The molecule has 2 N–H and O–H groups in total. The molecule has 0 aliphatic heterocycles. The second-order valence-corrected chi connectivity index (χ2v) is 8.41. The minimum Gasteiger partial charge on any atom is -0.388 e. The number of fused-ring (bicyclic) bond motifs is 2. The number of carbonyl (C=O) groups excluding carboxylic acids is 3. The highest BCUT2D eigenvalue weighted by molar-refractivity contribution is 6.29. The largest absolute Gasteiger partial charge is 0.388 e. The van der Waals surface area contributed by atoms with Gasteiger partial charge in [-0.05, 0) is 29.3 Å². The number of hydrogen-bond donors (Lipinski definition) is 2. The molecule has 0 bridgehead atoms. The van der Waals surface area contributed by atoms with Crippen molar-refractivity contribution in [2.45, 2.75) is 50.7 Å². The normalized spacial score (nSPS) is 23.1. The van der Waals surface area contributed by atoms with E-state index >= 15 is 0 Å². The van der Waals surface area contributed by atoms with Crippen molar-refractivity contribution in [1.82, 2.24) is 0 Å². The Hall–Kier alpha value is -2.67. The third-order valence-electron chi connectivity index (χ3n) is 6.20. The fourth-order valence-corrected chi connectivity index (χ4v) is 4.46. The van der Waals surface area contributed by atoms with E-state index < -0.39 is 29.1 Å². The molecule has 4 rings (SSSR count). The van der Waals surface area contributed by atoms with Crippen LogP contribution in [0.4, 0.5) is 0 Å². The maximum Gasteiger partial charge on any atom is 0.192 e. The van der Waals surface area contributed by atoms with E-state index in [2.05, 4.69) is 6.92 Å². The molecule has 0 unspecified atom stereocenters. The lowest BCUT2D eigenvalue weighted by Gasteiger charge is -2.37. The molecule has 2 atom stereocenters. The van der Waals surface area contributed by atoms with Crippen molar-refractivity contribution in [2.75, 3.05) is 13.2 Å². The predicted molar refractivity (Wildman–Crippen MR) is 115 cm³/mol. The second-order valence-electron chi connectivity index (χ2n) is 8.41. The van der Waals surface area contributed by atoms with Gasteiger partial charge in [0.25, 0.3) is 0 Å². The number of ketones is 3. The summed E-state index contributed by atoms with van der Waals surface area (Å²) in [5.74, 6) is -1.43. The molecule has 162 valence electrons. The zero-order valence-corrected chi connectivity index (χ0v) is 17.5. The van der Waals surface area contributed by atoms with E-state index in [1.807, 2.05) is 24.3 Å². The summed E-state index contributed by atoms with van der Waals surface area (Å²) >= 11 is 0. The van der Waals surface area contributed by atoms with Crippen LogP contribution in [0.2, 0.25) is 0 Å². The molecular formula is C25H26O6. The van der Waals surface area contributed by atoms with Gasteiger partial charge >= 0.3 is 0 Å². The number of ether oxygens (including phenoxy) is 1. The maximum absolute atomic E-state index is 13.3. The van der Waals surface area contributed by atoms with Gasteiger partial charge in [0.05, 0.1) is 6.10 Å². The highest BCUT2D eigenvalue weighted by Crippen LogP contribution is 2.41. The van der Waals surface area contributed by atoms with Crippen molar-refractivity contribution >= 4 is 28.1 Å². The fraction of sp³-hybridized carbons (Fsp3) is 0.400. The number of unbranched alkanes of at least 4 members (excludes halogenated alkanes) is 2. The first-order valence-corrected chi connectivity index (χ1v) is 10.7. The quantitative estimate of drug-likeness (QED) is 0.665.